The topological polar surface area (TPSA) is 92.7 Å². The Kier molecular flexibility index (Phi) is 51.0. The molecule has 0 bridgehead atoms. The molecule has 0 atom stereocenters. The van der Waals surface area contributed by atoms with Crippen LogP contribution in [0.2, 0.25) is 0 Å². The zero-order valence-corrected chi connectivity index (χ0v) is 31.2. The molecule has 0 aliphatic carbocycles. The van der Waals surface area contributed by atoms with Gasteiger partial charge in [-0.15, -0.1) is 0 Å². The van der Waals surface area contributed by atoms with Crippen LogP contribution in [0.15, 0.2) is 0 Å². The molecule has 0 aromatic heterocycles. The number of phosphoric ester groups is 1. The molecule has 38 heavy (non-hydrogen) atoms. The van der Waals surface area contributed by atoms with Gasteiger partial charge in [0.15, 0.2) is 0 Å². The van der Waals surface area contributed by atoms with Crippen molar-refractivity contribution in [3.8, 4) is 0 Å². The molecule has 0 aliphatic rings. The number of unbranched alkanes of at least 4 members (excludes halogenated alkanes) is 24. The average molecular weight is 581 g/mol. The molecule has 1 N–H and O–H groups in total. The summed E-state index contributed by atoms with van der Waals surface area (Å²) in [6.45, 7) is 4.91. The SMILES string of the molecule is CCCCCCCCCCCCCCCCCCO.CCCCCCCCCCCCOP(=O)([O-])[O-].[Na+].[Na+]. The Morgan fingerprint density at radius 3 is 0.947 bits per heavy atom. The summed E-state index contributed by atoms with van der Waals surface area (Å²) in [7, 11) is -4.74. The van der Waals surface area contributed by atoms with Crippen molar-refractivity contribution in [2.24, 2.45) is 0 Å². The van der Waals surface area contributed by atoms with E-state index in [2.05, 4.69) is 18.4 Å². The Bertz CT molecular complexity index is 423. The molecule has 0 heterocycles. The first-order valence-corrected chi connectivity index (χ1v) is 17.2. The molecule has 0 fully saturated rings. The normalized spacial score (nSPS) is 10.9. The van der Waals surface area contributed by atoms with Gasteiger partial charge in [-0.25, -0.2) is 0 Å². The van der Waals surface area contributed by atoms with Crippen LogP contribution < -0.4 is 68.9 Å². The third-order valence-electron chi connectivity index (χ3n) is 6.76. The molecule has 0 spiro atoms. The molecule has 0 aromatic carbocycles. The van der Waals surface area contributed by atoms with E-state index in [1.165, 1.54) is 141 Å². The summed E-state index contributed by atoms with van der Waals surface area (Å²) in [5, 5.41) is 8.67. The van der Waals surface area contributed by atoms with E-state index < -0.39 is 7.82 Å². The Morgan fingerprint density at radius 1 is 0.474 bits per heavy atom. The number of aliphatic hydroxyl groups is 1. The van der Waals surface area contributed by atoms with E-state index in [1.807, 2.05) is 0 Å². The van der Waals surface area contributed by atoms with Crippen LogP contribution in [0.3, 0.4) is 0 Å². The van der Waals surface area contributed by atoms with Gasteiger partial charge in [0.05, 0.1) is 14.4 Å². The van der Waals surface area contributed by atoms with Crippen LogP contribution in [0.5, 0.6) is 0 Å². The minimum absolute atomic E-state index is 0. The average Bonchev–Trinajstić information content (AvgIpc) is 2.85. The molecular weight excluding hydrogens is 517 g/mol. The van der Waals surface area contributed by atoms with E-state index in [0.29, 0.717) is 13.0 Å². The van der Waals surface area contributed by atoms with Gasteiger partial charge in [-0.05, 0) is 12.8 Å². The zero-order chi connectivity index (χ0) is 27.0. The minimum atomic E-state index is -4.74. The van der Waals surface area contributed by atoms with Crippen molar-refractivity contribution in [3.05, 3.63) is 0 Å². The number of rotatable bonds is 28. The second kappa shape index (κ2) is 41.2. The number of phosphoric acid groups is 1. The molecular formula is C30H63Na2O5P. The van der Waals surface area contributed by atoms with Gasteiger partial charge in [-0.1, -0.05) is 168 Å². The zero-order valence-electron chi connectivity index (χ0n) is 26.3. The predicted molar refractivity (Wildman–Crippen MR) is 152 cm³/mol. The van der Waals surface area contributed by atoms with Crippen molar-refractivity contribution < 1.29 is 83.1 Å². The van der Waals surface area contributed by atoms with Gasteiger partial charge in [0.1, 0.15) is 0 Å². The first-order valence-electron chi connectivity index (χ1n) is 15.7. The van der Waals surface area contributed by atoms with E-state index >= 15 is 0 Å². The first kappa shape index (κ1) is 47.0. The third kappa shape index (κ3) is 50.9. The van der Waals surface area contributed by atoms with Gasteiger partial charge >= 0.3 is 59.1 Å². The van der Waals surface area contributed by atoms with Gasteiger partial charge < -0.3 is 24.0 Å². The van der Waals surface area contributed by atoms with Crippen LogP contribution in [0.25, 0.3) is 0 Å². The predicted octanol–water partition coefficient (Wildman–Crippen LogP) is 3.00. The maximum absolute atomic E-state index is 10.1. The minimum Gasteiger partial charge on any atom is -0.790 e. The Balaban J connectivity index is -0.000000291. The molecule has 8 heteroatoms. The third-order valence-corrected chi connectivity index (χ3v) is 7.26. The van der Waals surface area contributed by atoms with Crippen LogP contribution >= 0.6 is 7.82 Å². The standard InChI is InChI=1S/C18H38O.C12H27O4P.2Na/c1-2-3-4-5-6-7-8-9-10-11-12-13-14-15-16-17-18-19;1-2-3-4-5-6-7-8-9-10-11-12-16-17(13,14)15;;/h19H,2-18H2,1H3;2-12H2,1H3,(H2,13,14,15);;/q;;2*+1/p-2. The van der Waals surface area contributed by atoms with E-state index in [1.54, 1.807) is 0 Å². The number of hydrogen-bond acceptors (Lipinski definition) is 5. The Labute approximate surface area is 282 Å². The summed E-state index contributed by atoms with van der Waals surface area (Å²) in [4.78, 5) is 20.3. The summed E-state index contributed by atoms with van der Waals surface area (Å²) in [5.74, 6) is 0. The smallest absolute Gasteiger partial charge is 0.790 e. The maximum Gasteiger partial charge on any atom is 1.00 e. The van der Waals surface area contributed by atoms with Crippen molar-refractivity contribution in [2.45, 2.75) is 181 Å². The van der Waals surface area contributed by atoms with Crippen molar-refractivity contribution in [1.29, 1.82) is 0 Å². The quantitative estimate of drug-likeness (QED) is 0.0873. The van der Waals surface area contributed by atoms with E-state index in [-0.39, 0.29) is 65.7 Å². The van der Waals surface area contributed by atoms with Crippen LogP contribution in [0.4, 0.5) is 0 Å². The maximum atomic E-state index is 10.1. The Hall–Kier alpha value is 2.07. The van der Waals surface area contributed by atoms with Crippen molar-refractivity contribution in [3.63, 3.8) is 0 Å². The largest absolute Gasteiger partial charge is 1.00 e. The van der Waals surface area contributed by atoms with Gasteiger partial charge in [-0.3, -0.25) is 0 Å². The van der Waals surface area contributed by atoms with Gasteiger partial charge in [0.25, 0.3) is 0 Å². The van der Waals surface area contributed by atoms with Crippen LogP contribution in [-0.2, 0) is 9.09 Å². The molecule has 220 valence electrons. The summed E-state index contributed by atoms with van der Waals surface area (Å²) in [6.07, 6.45) is 33.9. The molecule has 0 aliphatic heterocycles. The summed E-state index contributed by atoms with van der Waals surface area (Å²) >= 11 is 0. The van der Waals surface area contributed by atoms with Crippen LogP contribution in [0, 0.1) is 0 Å². The van der Waals surface area contributed by atoms with E-state index in [0.717, 1.165) is 19.3 Å². The number of hydrogen-bond donors (Lipinski definition) is 1. The van der Waals surface area contributed by atoms with Gasteiger partial charge in [-0.2, -0.15) is 0 Å². The molecule has 0 saturated carbocycles. The summed E-state index contributed by atoms with van der Waals surface area (Å²) in [6, 6.07) is 0. The fourth-order valence-electron chi connectivity index (χ4n) is 4.43. The second-order valence-electron chi connectivity index (χ2n) is 10.5. The molecule has 0 amide bonds. The molecule has 0 aromatic rings. The van der Waals surface area contributed by atoms with Crippen LogP contribution in [0.1, 0.15) is 181 Å². The van der Waals surface area contributed by atoms with Gasteiger partial charge in [0.2, 0.25) is 0 Å². The van der Waals surface area contributed by atoms with Crippen molar-refractivity contribution >= 4 is 7.82 Å². The molecule has 0 radical (unpaired) electrons. The van der Waals surface area contributed by atoms with E-state index in [4.69, 9.17) is 5.11 Å². The fraction of sp³-hybridized carbons (Fsp3) is 1.00. The fourth-order valence-corrected chi connectivity index (χ4v) is 4.78. The second-order valence-corrected chi connectivity index (χ2v) is 11.6. The van der Waals surface area contributed by atoms with Gasteiger partial charge in [0, 0.05) is 6.61 Å². The van der Waals surface area contributed by atoms with Crippen LogP contribution in [-0.4, -0.2) is 18.3 Å². The molecule has 0 rings (SSSR count). The van der Waals surface area contributed by atoms with Crippen molar-refractivity contribution in [2.75, 3.05) is 13.2 Å². The molecule has 5 nitrogen and oxygen atoms in total. The van der Waals surface area contributed by atoms with Crippen molar-refractivity contribution in [1.82, 2.24) is 0 Å². The Morgan fingerprint density at radius 2 is 0.711 bits per heavy atom. The summed E-state index contributed by atoms with van der Waals surface area (Å²) in [5.41, 5.74) is 0. The first-order chi connectivity index (χ1) is 17.5. The number of aliphatic hydroxyl groups excluding tert-OH is 1. The monoisotopic (exact) mass is 580 g/mol. The van der Waals surface area contributed by atoms with E-state index in [9.17, 15) is 14.4 Å². The summed E-state index contributed by atoms with van der Waals surface area (Å²) < 4.78 is 14.3. The molecule has 0 unspecified atom stereocenters. The molecule has 0 saturated heterocycles.